The van der Waals surface area contributed by atoms with Gasteiger partial charge in [-0.2, -0.15) is 0 Å². The van der Waals surface area contributed by atoms with Crippen LogP contribution >= 0.6 is 0 Å². The molecule has 2 N–H and O–H groups in total. The van der Waals surface area contributed by atoms with Crippen molar-refractivity contribution in [2.24, 2.45) is 0 Å². The Labute approximate surface area is 185 Å². The first-order valence-corrected chi connectivity index (χ1v) is 10.3. The summed E-state index contributed by atoms with van der Waals surface area (Å²) in [6, 6.07) is 24.5. The highest BCUT2D eigenvalue weighted by atomic mass is 16.5. The number of hydrogen-bond donors (Lipinski definition) is 2. The number of aromatic amines is 1. The summed E-state index contributed by atoms with van der Waals surface area (Å²) in [7, 11) is 0. The van der Waals surface area contributed by atoms with Gasteiger partial charge in [-0.05, 0) is 34.7 Å². The number of hydrogen-bond acceptors (Lipinski definition) is 4. The fourth-order valence-corrected chi connectivity index (χ4v) is 3.35. The van der Waals surface area contributed by atoms with Crippen LogP contribution in [0.3, 0.4) is 0 Å². The van der Waals surface area contributed by atoms with Crippen LogP contribution in [0.2, 0.25) is 0 Å². The molecule has 0 unspecified atom stereocenters. The molecule has 160 valence electrons. The van der Waals surface area contributed by atoms with E-state index in [0.29, 0.717) is 11.3 Å². The van der Waals surface area contributed by atoms with Crippen molar-refractivity contribution in [3.63, 3.8) is 0 Å². The van der Waals surface area contributed by atoms with Crippen molar-refractivity contribution in [1.29, 1.82) is 0 Å². The quantitative estimate of drug-likeness (QED) is 0.307. The van der Waals surface area contributed by atoms with E-state index in [1.165, 1.54) is 0 Å². The number of H-pyrrole nitrogens is 1. The van der Waals surface area contributed by atoms with Crippen LogP contribution in [0.15, 0.2) is 85.1 Å². The molecule has 0 fully saturated rings. The molecule has 1 aromatic heterocycles. The molecular weight excluding hydrogens is 404 g/mol. The van der Waals surface area contributed by atoms with E-state index in [1.54, 1.807) is 18.2 Å². The van der Waals surface area contributed by atoms with E-state index in [-0.39, 0.29) is 31.1 Å². The number of ether oxygens (including phenoxy) is 1. The van der Waals surface area contributed by atoms with Crippen molar-refractivity contribution in [1.82, 2.24) is 4.98 Å². The number of aromatic nitrogens is 1. The Morgan fingerprint density at radius 3 is 2.34 bits per heavy atom. The minimum absolute atomic E-state index is 0.0262. The molecule has 0 saturated carbocycles. The first kappa shape index (κ1) is 21.1. The fourth-order valence-electron chi connectivity index (χ4n) is 3.35. The fraction of sp³-hybridized carbons (Fsp3) is 0.115. The van der Waals surface area contributed by atoms with Crippen molar-refractivity contribution >= 4 is 34.3 Å². The van der Waals surface area contributed by atoms with E-state index in [1.807, 2.05) is 66.9 Å². The zero-order valence-corrected chi connectivity index (χ0v) is 17.3. The zero-order valence-electron chi connectivity index (χ0n) is 17.3. The first-order valence-electron chi connectivity index (χ1n) is 10.3. The Kier molecular flexibility index (Phi) is 6.41. The van der Waals surface area contributed by atoms with Crippen LogP contribution in [-0.2, 0) is 14.3 Å². The molecule has 0 saturated heterocycles. The van der Waals surface area contributed by atoms with E-state index in [2.05, 4.69) is 10.3 Å². The van der Waals surface area contributed by atoms with Crippen LogP contribution in [0.5, 0.6) is 0 Å². The largest absolute Gasteiger partial charge is 0.457 e. The average Bonchev–Trinajstić information content (AvgIpc) is 3.30. The number of carbonyl (C=O) groups is 3. The summed E-state index contributed by atoms with van der Waals surface area (Å²) in [5, 5.41) is 3.80. The second-order valence-corrected chi connectivity index (χ2v) is 7.36. The highest BCUT2D eigenvalue weighted by Gasteiger charge is 2.12. The van der Waals surface area contributed by atoms with Crippen LogP contribution in [0.4, 0.5) is 5.69 Å². The van der Waals surface area contributed by atoms with Crippen molar-refractivity contribution in [3.05, 3.63) is 90.6 Å². The van der Waals surface area contributed by atoms with Gasteiger partial charge in [-0.25, -0.2) is 0 Å². The summed E-state index contributed by atoms with van der Waals surface area (Å²) >= 11 is 0. The molecule has 0 atom stereocenters. The molecule has 0 aliphatic heterocycles. The molecule has 0 spiro atoms. The monoisotopic (exact) mass is 426 g/mol. The highest BCUT2D eigenvalue weighted by molar-refractivity contribution is 5.99. The number of benzene rings is 3. The topological polar surface area (TPSA) is 88.3 Å². The van der Waals surface area contributed by atoms with Gasteiger partial charge in [0.15, 0.2) is 12.4 Å². The Morgan fingerprint density at radius 2 is 1.56 bits per heavy atom. The molecule has 4 aromatic rings. The van der Waals surface area contributed by atoms with Crippen LogP contribution in [-0.4, -0.2) is 29.3 Å². The van der Waals surface area contributed by atoms with Gasteiger partial charge < -0.3 is 15.0 Å². The lowest BCUT2D eigenvalue weighted by Gasteiger charge is -2.07. The second-order valence-electron chi connectivity index (χ2n) is 7.36. The lowest BCUT2D eigenvalue weighted by Crippen LogP contribution is -2.17. The molecule has 32 heavy (non-hydrogen) atoms. The first-order chi connectivity index (χ1) is 15.6. The molecule has 3 aromatic carbocycles. The maximum atomic E-state index is 12.3. The lowest BCUT2D eigenvalue weighted by atomic mass is 10.0. The van der Waals surface area contributed by atoms with Crippen LogP contribution < -0.4 is 5.32 Å². The smallest absolute Gasteiger partial charge is 0.306 e. The predicted octanol–water partition coefficient (Wildman–Crippen LogP) is 4.98. The number of rotatable bonds is 8. The van der Waals surface area contributed by atoms with Gasteiger partial charge in [0.25, 0.3) is 0 Å². The molecule has 6 heteroatoms. The third kappa shape index (κ3) is 5.29. The summed E-state index contributed by atoms with van der Waals surface area (Å²) in [6.45, 7) is -0.353. The molecule has 0 aliphatic carbocycles. The van der Waals surface area contributed by atoms with Crippen molar-refractivity contribution in [3.8, 4) is 11.1 Å². The third-order valence-electron chi connectivity index (χ3n) is 5.07. The van der Waals surface area contributed by atoms with Crippen LogP contribution in [0.1, 0.15) is 23.2 Å². The number of Topliss-reactive ketones (excluding diaryl/α,β-unsaturated/α-hetero) is 1. The number of carbonyl (C=O) groups excluding carboxylic acids is 3. The number of esters is 1. The standard InChI is InChI=1S/C26H22N2O4/c29-24(21-8-6-19(7-9-21)18-4-2-1-3-5-18)17-32-26(31)13-12-25(30)28-22-11-10-20-14-15-27-23(20)16-22/h1-11,14-16,27H,12-13,17H2,(H,28,30). The lowest BCUT2D eigenvalue weighted by molar-refractivity contribution is -0.143. The van der Waals surface area contributed by atoms with Gasteiger partial charge >= 0.3 is 5.97 Å². The van der Waals surface area contributed by atoms with Crippen LogP contribution in [0.25, 0.3) is 22.0 Å². The Morgan fingerprint density at radius 1 is 0.812 bits per heavy atom. The molecule has 0 radical (unpaired) electrons. The zero-order chi connectivity index (χ0) is 22.3. The number of fused-ring (bicyclic) bond motifs is 1. The SMILES string of the molecule is O=C(CCC(=O)OCC(=O)c1ccc(-c2ccccc2)cc1)Nc1ccc2cc[nH]c2c1. The summed E-state index contributed by atoms with van der Waals surface area (Å²) in [4.78, 5) is 39.4. The summed E-state index contributed by atoms with van der Waals surface area (Å²) in [5.74, 6) is -1.17. The Bertz CT molecular complexity index is 1240. The van der Waals surface area contributed by atoms with Crippen LogP contribution in [0, 0.1) is 0 Å². The molecular formula is C26H22N2O4. The normalized spacial score (nSPS) is 10.6. The maximum Gasteiger partial charge on any atom is 0.306 e. The maximum absolute atomic E-state index is 12.3. The predicted molar refractivity (Wildman–Crippen MR) is 123 cm³/mol. The van der Waals surface area contributed by atoms with Gasteiger partial charge in [-0.15, -0.1) is 0 Å². The second kappa shape index (κ2) is 9.75. The molecule has 1 heterocycles. The number of anilines is 1. The van der Waals surface area contributed by atoms with Crippen molar-refractivity contribution in [2.45, 2.75) is 12.8 Å². The van der Waals surface area contributed by atoms with Crippen molar-refractivity contribution < 1.29 is 19.1 Å². The number of amides is 1. The van der Waals surface area contributed by atoms with E-state index >= 15 is 0 Å². The van der Waals surface area contributed by atoms with Gasteiger partial charge in [0.2, 0.25) is 5.91 Å². The minimum atomic E-state index is -0.589. The number of ketones is 1. The third-order valence-corrected chi connectivity index (χ3v) is 5.07. The molecule has 6 nitrogen and oxygen atoms in total. The summed E-state index contributed by atoms with van der Waals surface area (Å²) in [6.07, 6.45) is 1.70. The van der Waals surface area contributed by atoms with E-state index in [4.69, 9.17) is 4.74 Å². The van der Waals surface area contributed by atoms with Gasteiger partial charge in [0.05, 0.1) is 6.42 Å². The van der Waals surface area contributed by atoms with Gasteiger partial charge in [-0.1, -0.05) is 60.7 Å². The molecule has 0 bridgehead atoms. The van der Waals surface area contributed by atoms with Gasteiger partial charge in [0.1, 0.15) is 0 Å². The molecule has 1 amide bonds. The van der Waals surface area contributed by atoms with Gasteiger partial charge in [0, 0.05) is 29.4 Å². The summed E-state index contributed by atoms with van der Waals surface area (Å²) in [5.41, 5.74) is 4.09. The summed E-state index contributed by atoms with van der Waals surface area (Å²) < 4.78 is 5.05. The Hall–Kier alpha value is -4.19. The molecule has 4 rings (SSSR count). The molecule has 0 aliphatic rings. The van der Waals surface area contributed by atoms with E-state index in [9.17, 15) is 14.4 Å². The Balaban J connectivity index is 1.22. The van der Waals surface area contributed by atoms with E-state index < -0.39 is 5.97 Å². The highest BCUT2D eigenvalue weighted by Crippen LogP contribution is 2.20. The average molecular weight is 426 g/mol. The van der Waals surface area contributed by atoms with E-state index in [0.717, 1.165) is 22.0 Å². The number of nitrogens with one attached hydrogen (secondary N) is 2. The van der Waals surface area contributed by atoms with Gasteiger partial charge in [-0.3, -0.25) is 14.4 Å². The minimum Gasteiger partial charge on any atom is -0.457 e. The van der Waals surface area contributed by atoms with Crippen molar-refractivity contribution in [2.75, 3.05) is 11.9 Å².